The largest absolute Gasteiger partial charge is 0.310 e. The quantitative estimate of drug-likeness (QED) is 0.455. The van der Waals surface area contributed by atoms with E-state index in [2.05, 4.69) is 25.9 Å². The maximum atomic E-state index is 12.6. The van der Waals surface area contributed by atoms with Crippen LogP contribution in [0.3, 0.4) is 0 Å². The molecule has 124 valence electrons. The molecule has 0 atom stereocenters. The highest BCUT2D eigenvalue weighted by Crippen LogP contribution is 2.31. The minimum absolute atomic E-state index is 0.104. The van der Waals surface area contributed by atoms with Gasteiger partial charge in [0, 0.05) is 26.9 Å². The second kappa shape index (κ2) is 6.75. The number of H-pyrrole nitrogens is 1. The van der Waals surface area contributed by atoms with E-state index >= 15 is 0 Å². The van der Waals surface area contributed by atoms with Crippen LogP contribution in [0.2, 0.25) is 5.02 Å². The molecule has 1 N–H and O–H groups in total. The number of benzene rings is 2. The Balaban J connectivity index is 1.75. The Morgan fingerprint density at radius 1 is 1.08 bits per heavy atom. The lowest BCUT2D eigenvalue weighted by molar-refractivity contribution is 0.977. The minimum atomic E-state index is -0.104. The zero-order valence-corrected chi connectivity index (χ0v) is 16.1. The number of fused-ring (bicyclic) bond motifs is 1. The number of halogens is 2. The Hall–Kier alpha value is -1.95. The summed E-state index contributed by atoms with van der Waals surface area (Å²) in [5.74, 6) is 0.657. The monoisotopic (exact) mass is 430 g/mol. The Bertz CT molecular complexity index is 1100. The molecule has 0 bridgehead atoms. The molecule has 0 fully saturated rings. The molecule has 3 nitrogen and oxygen atoms in total. The highest BCUT2D eigenvalue weighted by molar-refractivity contribution is 9.10. The van der Waals surface area contributed by atoms with E-state index in [1.54, 1.807) is 0 Å². The van der Waals surface area contributed by atoms with Gasteiger partial charge in [0.2, 0.25) is 0 Å². The molecular formula is C19H12BrClN2OS. The van der Waals surface area contributed by atoms with E-state index in [1.807, 2.05) is 53.9 Å². The number of hydrogen-bond acceptors (Lipinski definition) is 3. The van der Waals surface area contributed by atoms with Crippen molar-refractivity contribution in [2.45, 2.75) is 6.42 Å². The van der Waals surface area contributed by atoms with Crippen LogP contribution < -0.4 is 5.56 Å². The lowest BCUT2D eigenvalue weighted by Gasteiger charge is -2.03. The summed E-state index contributed by atoms with van der Waals surface area (Å²) >= 11 is 10.8. The van der Waals surface area contributed by atoms with Crippen molar-refractivity contribution in [2.24, 2.45) is 0 Å². The van der Waals surface area contributed by atoms with Crippen LogP contribution >= 0.6 is 38.9 Å². The Kier molecular flexibility index (Phi) is 4.46. The molecule has 0 radical (unpaired) electrons. The predicted octanol–water partition coefficient (Wildman–Crippen LogP) is 5.66. The number of thiophene rings is 1. The molecule has 25 heavy (non-hydrogen) atoms. The van der Waals surface area contributed by atoms with Crippen molar-refractivity contribution in [3.8, 4) is 11.1 Å². The highest BCUT2D eigenvalue weighted by Gasteiger charge is 2.13. The van der Waals surface area contributed by atoms with Gasteiger partial charge in [0.1, 0.15) is 10.7 Å². The van der Waals surface area contributed by atoms with Crippen LogP contribution in [0, 0.1) is 0 Å². The first kappa shape index (κ1) is 16.5. The number of aromatic amines is 1. The fourth-order valence-corrected chi connectivity index (χ4v) is 4.07. The van der Waals surface area contributed by atoms with E-state index < -0.39 is 0 Å². The van der Waals surface area contributed by atoms with Gasteiger partial charge in [-0.3, -0.25) is 4.79 Å². The van der Waals surface area contributed by atoms with Crippen molar-refractivity contribution in [3.63, 3.8) is 0 Å². The van der Waals surface area contributed by atoms with Crippen LogP contribution in [0.25, 0.3) is 21.3 Å². The second-order valence-corrected chi connectivity index (χ2v) is 7.86. The highest BCUT2D eigenvalue weighted by atomic mass is 79.9. The summed E-state index contributed by atoms with van der Waals surface area (Å²) < 4.78 is 1.01. The summed E-state index contributed by atoms with van der Waals surface area (Å²) in [5, 5.41) is 3.33. The van der Waals surface area contributed by atoms with Gasteiger partial charge in [-0.1, -0.05) is 51.8 Å². The first-order chi connectivity index (χ1) is 12.1. The number of aromatic nitrogens is 2. The molecule has 0 unspecified atom stereocenters. The molecule has 6 heteroatoms. The first-order valence-electron chi connectivity index (χ1n) is 7.61. The molecule has 0 saturated carbocycles. The summed E-state index contributed by atoms with van der Waals surface area (Å²) in [6.45, 7) is 0. The van der Waals surface area contributed by atoms with E-state index in [9.17, 15) is 4.79 Å². The molecule has 0 saturated heterocycles. The molecule has 4 aromatic rings. The van der Waals surface area contributed by atoms with E-state index in [4.69, 9.17) is 11.6 Å². The SMILES string of the molecule is O=c1[nH]c(Cc2ccc(Cl)cc2)nc2scc(-c3ccc(Br)cc3)c12. The second-order valence-electron chi connectivity index (χ2n) is 5.65. The lowest BCUT2D eigenvalue weighted by Crippen LogP contribution is -2.11. The average Bonchev–Trinajstić information content (AvgIpc) is 3.02. The van der Waals surface area contributed by atoms with Crippen LogP contribution in [0.15, 0.2) is 63.2 Å². The van der Waals surface area contributed by atoms with Crippen molar-refractivity contribution < 1.29 is 0 Å². The van der Waals surface area contributed by atoms with Gasteiger partial charge in [0.15, 0.2) is 0 Å². The summed E-state index contributed by atoms with van der Waals surface area (Å²) in [4.78, 5) is 21.0. The number of rotatable bonds is 3. The van der Waals surface area contributed by atoms with Gasteiger partial charge in [-0.15, -0.1) is 11.3 Å². The lowest BCUT2D eigenvalue weighted by atomic mass is 10.1. The van der Waals surface area contributed by atoms with Crippen LogP contribution in [0.4, 0.5) is 0 Å². The van der Waals surface area contributed by atoms with Crippen molar-refractivity contribution in [2.75, 3.05) is 0 Å². The van der Waals surface area contributed by atoms with Gasteiger partial charge in [-0.05, 0) is 35.4 Å². The van der Waals surface area contributed by atoms with Gasteiger partial charge in [-0.2, -0.15) is 0 Å². The first-order valence-corrected chi connectivity index (χ1v) is 9.66. The van der Waals surface area contributed by atoms with E-state index in [0.717, 1.165) is 26.0 Å². The molecule has 0 amide bonds. The third-order valence-corrected chi connectivity index (χ3v) is 5.59. The van der Waals surface area contributed by atoms with Crippen molar-refractivity contribution >= 4 is 49.1 Å². The Morgan fingerprint density at radius 3 is 2.52 bits per heavy atom. The third-order valence-electron chi connectivity index (χ3n) is 3.93. The normalized spacial score (nSPS) is 11.1. The van der Waals surface area contributed by atoms with E-state index in [1.165, 1.54) is 11.3 Å². The van der Waals surface area contributed by atoms with Crippen LogP contribution in [0.5, 0.6) is 0 Å². The number of hydrogen-bond donors (Lipinski definition) is 1. The summed E-state index contributed by atoms with van der Waals surface area (Å²) in [6.07, 6.45) is 0.563. The molecular weight excluding hydrogens is 420 g/mol. The van der Waals surface area contributed by atoms with Crippen molar-refractivity contribution in [1.82, 2.24) is 9.97 Å². The Morgan fingerprint density at radius 2 is 1.80 bits per heavy atom. The molecule has 0 aliphatic carbocycles. The topological polar surface area (TPSA) is 45.8 Å². The summed E-state index contributed by atoms with van der Waals surface area (Å²) in [6, 6.07) is 15.5. The zero-order valence-electron chi connectivity index (χ0n) is 12.9. The molecule has 2 heterocycles. The fraction of sp³-hybridized carbons (Fsp3) is 0.0526. The third kappa shape index (κ3) is 3.40. The van der Waals surface area contributed by atoms with Crippen molar-refractivity contribution in [3.05, 3.63) is 85.1 Å². The van der Waals surface area contributed by atoms with Gasteiger partial charge in [0.05, 0.1) is 5.39 Å². The number of nitrogens with one attached hydrogen (secondary N) is 1. The minimum Gasteiger partial charge on any atom is -0.310 e. The molecule has 4 rings (SSSR count). The maximum Gasteiger partial charge on any atom is 0.260 e. The van der Waals surface area contributed by atoms with Gasteiger partial charge < -0.3 is 4.98 Å². The molecule has 0 aliphatic rings. The molecule has 2 aromatic heterocycles. The maximum absolute atomic E-state index is 12.6. The fourth-order valence-electron chi connectivity index (χ4n) is 2.71. The standard InChI is InChI=1S/C19H12BrClN2OS/c20-13-5-3-12(4-6-13)15-10-25-19-17(15)18(24)22-16(23-19)9-11-1-7-14(21)8-2-11/h1-8,10H,9H2,(H,22,23,24). The van der Waals surface area contributed by atoms with E-state index in [-0.39, 0.29) is 5.56 Å². The molecule has 0 spiro atoms. The predicted molar refractivity (Wildman–Crippen MR) is 108 cm³/mol. The summed E-state index contributed by atoms with van der Waals surface area (Å²) in [7, 11) is 0. The molecule has 2 aromatic carbocycles. The number of nitrogens with zero attached hydrogens (tertiary/aromatic N) is 1. The van der Waals surface area contributed by atoms with Gasteiger partial charge in [0.25, 0.3) is 5.56 Å². The van der Waals surface area contributed by atoms with Gasteiger partial charge in [-0.25, -0.2) is 4.98 Å². The Labute approximate surface area is 161 Å². The molecule has 0 aliphatic heterocycles. The van der Waals surface area contributed by atoms with Crippen LogP contribution in [0.1, 0.15) is 11.4 Å². The smallest absolute Gasteiger partial charge is 0.260 e. The van der Waals surface area contributed by atoms with Crippen LogP contribution in [-0.4, -0.2) is 9.97 Å². The average molecular weight is 432 g/mol. The van der Waals surface area contributed by atoms with Crippen LogP contribution in [-0.2, 0) is 6.42 Å². The summed E-state index contributed by atoms with van der Waals surface area (Å²) in [5.41, 5.74) is 2.87. The zero-order chi connectivity index (χ0) is 17.4. The van der Waals surface area contributed by atoms with Crippen molar-refractivity contribution in [1.29, 1.82) is 0 Å². The van der Waals surface area contributed by atoms with E-state index in [0.29, 0.717) is 22.7 Å². The van der Waals surface area contributed by atoms with Gasteiger partial charge >= 0.3 is 0 Å².